The van der Waals surface area contributed by atoms with Gasteiger partial charge in [0, 0.05) is 29.6 Å². The molecular formula is C20H23N5O2S. The number of rotatable bonds is 9. The van der Waals surface area contributed by atoms with Crippen LogP contribution in [0.15, 0.2) is 54.0 Å². The maximum Gasteiger partial charge on any atom is 0.245 e. The van der Waals surface area contributed by atoms with E-state index in [1.165, 1.54) is 0 Å². The summed E-state index contributed by atoms with van der Waals surface area (Å²) in [5, 5.41) is 9.21. The van der Waals surface area contributed by atoms with Gasteiger partial charge in [0.05, 0.1) is 19.3 Å². The van der Waals surface area contributed by atoms with Crippen molar-refractivity contribution in [1.82, 2.24) is 9.78 Å². The van der Waals surface area contributed by atoms with Gasteiger partial charge in [0.2, 0.25) is 11.8 Å². The number of nitrogens with two attached hydrogens (primary N) is 1. The molecule has 0 unspecified atom stereocenters. The van der Waals surface area contributed by atoms with Crippen molar-refractivity contribution in [1.29, 1.82) is 0 Å². The Kier molecular flexibility index (Phi) is 6.44. The van der Waals surface area contributed by atoms with Crippen LogP contribution in [0.4, 0.5) is 11.5 Å². The maximum atomic E-state index is 12.7. The smallest absolute Gasteiger partial charge is 0.245 e. The summed E-state index contributed by atoms with van der Waals surface area (Å²) in [4.78, 5) is 26.9. The number of hydrogen-bond donors (Lipinski definition) is 2. The monoisotopic (exact) mass is 397 g/mol. The maximum absolute atomic E-state index is 12.7. The summed E-state index contributed by atoms with van der Waals surface area (Å²) >= 11 is 1.64. The third-order valence-corrected chi connectivity index (χ3v) is 5.06. The normalized spacial score (nSPS) is 10.6. The van der Waals surface area contributed by atoms with E-state index in [0.717, 1.165) is 16.1 Å². The lowest BCUT2D eigenvalue weighted by atomic mass is 10.2. The first-order valence-corrected chi connectivity index (χ1v) is 9.83. The van der Waals surface area contributed by atoms with Crippen LogP contribution < -0.4 is 16.0 Å². The van der Waals surface area contributed by atoms with Crippen molar-refractivity contribution in [3.8, 4) is 0 Å². The third-order valence-electron chi connectivity index (χ3n) is 4.20. The van der Waals surface area contributed by atoms with Crippen molar-refractivity contribution in [2.24, 2.45) is 5.73 Å². The van der Waals surface area contributed by atoms with Gasteiger partial charge in [0.15, 0.2) is 0 Å². The van der Waals surface area contributed by atoms with Gasteiger partial charge in [0.1, 0.15) is 5.82 Å². The number of carbonyl (C=O) groups is 2. The van der Waals surface area contributed by atoms with Crippen LogP contribution in [-0.2, 0) is 16.1 Å². The minimum atomic E-state index is -0.396. The number of carbonyl (C=O) groups excluding carboxylic acids is 2. The Labute approximate surface area is 167 Å². The highest BCUT2D eigenvalue weighted by Gasteiger charge is 2.15. The molecule has 28 heavy (non-hydrogen) atoms. The SMILES string of the molecule is Cc1cccc(N(CCC(N)=O)CC(=O)Nc2ccnn2Cc2cccs2)c1. The zero-order valence-electron chi connectivity index (χ0n) is 15.7. The fourth-order valence-corrected chi connectivity index (χ4v) is 3.53. The molecule has 0 saturated carbocycles. The van der Waals surface area contributed by atoms with E-state index in [1.807, 2.05) is 53.6 Å². The number of nitrogens with one attached hydrogen (secondary N) is 1. The van der Waals surface area contributed by atoms with Crippen molar-refractivity contribution in [2.45, 2.75) is 19.9 Å². The van der Waals surface area contributed by atoms with Gasteiger partial charge in [-0.3, -0.25) is 9.59 Å². The van der Waals surface area contributed by atoms with Gasteiger partial charge < -0.3 is 16.0 Å². The number of aromatic nitrogens is 2. The molecule has 0 aliphatic carbocycles. The van der Waals surface area contributed by atoms with Crippen LogP contribution in [0, 0.1) is 6.92 Å². The van der Waals surface area contributed by atoms with E-state index in [2.05, 4.69) is 10.4 Å². The summed E-state index contributed by atoms with van der Waals surface area (Å²) in [6, 6.07) is 13.6. The van der Waals surface area contributed by atoms with E-state index < -0.39 is 5.91 Å². The average Bonchev–Trinajstić information content (AvgIpc) is 3.31. The van der Waals surface area contributed by atoms with E-state index in [9.17, 15) is 9.59 Å². The predicted molar refractivity (Wildman–Crippen MR) is 111 cm³/mol. The molecule has 2 aromatic heterocycles. The molecule has 0 atom stereocenters. The Hall–Kier alpha value is -3.13. The van der Waals surface area contributed by atoms with Gasteiger partial charge in [-0.25, -0.2) is 4.68 Å². The van der Waals surface area contributed by atoms with E-state index in [1.54, 1.807) is 28.3 Å². The number of hydrogen-bond acceptors (Lipinski definition) is 5. The molecular weight excluding hydrogens is 374 g/mol. The Morgan fingerprint density at radius 3 is 2.82 bits per heavy atom. The molecule has 2 heterocycles. The molecule has 3 aromatic rings. The predicted octanol–water partition coefficient (Wildman–Crippen LogP) is 2.62. The van der Waals surface area contributed by atoms with Crippen LogP contribution in [0.2, 0.25) is 0 Å². The standard InChI is InChI=1S/C20H23N5O2S/c1-15-4-2-5-16(12-15)24(10-8-18(21)26)14-20(27)23-19-7-9-22-25(19)13-17-6-3-11-28-17/h2-7,9,11-12H,8,10,13-14H2,1H3,(H2,21,26)(H,23,27). The van der Waals surface area contributed by atoms with Crippen LogP contribution >= 0.6 is 11.3 Å². The van der Waals surface area contributed by atoms with Crippen molar-refractivity contribution in [2.75, 3.05) is 23.3 Å². The summed E-state index contributed by atoms with van der Waals surface area (Å²) in [5.41, 5.74) is 7.25. The lowest BCUT2D eigenvalue weighted by Crippen LogP contribution is -2.36. The lowest BCUT2D eigenvalue weighted by molar-refractivity contribution is -0.118. The molecule has 0 radical (unpaired) electrons. The van der Waals surface area contributed by atoms with E-state index in [4.69, 9.17) is 5.73 Å². The quantitative estimate of drug-likeness (QED) is 0.580. The van der Waals surface area contributed by atoms with E-state index >= 15 is 0 Å². The summed E-state index contributed by atoms with van der Waals surface area (Å²) in [6.45, 7) is 3.07. The molecule has 0 bridgehead atoms. The minimum Gasteiger partial charge on any atom is -0.370 e. The van der Waals surface area contributed by atoms with Gasteiger partial charge >= 0.3 is 0 Å². The first-order valence-electron chi connectivity index (χ1n) is 8.95. The van der Waals surface area contributed by atoms with E-state index in [0.29, 0.717) is 18.9 Å². The Morgan fingerprint density at radius 1 is 1.25 bits per heavy atom. The molecule has 0 spiro atoms. The molecule has 3 N–H and O–H groups in total. The zero-order chi connectivity index (χ0) is 19.9. The number of aryl methyl sites for hydroxylation is 1. The number of benzene rings is 1. The fraction of sp³-hybridized carbons (Fsp3) is 0.250. The molecule has 1 aromatic carbocycles. The number of primary amides is 1. The summed E-state index contributed by atoms with van der Waals surface area (Å²) < 4.78 is 1.75. The second kappa shape index (κ2) is 9.18. The fourth-order valence-electron chi connectivity index (χ4n) is 2.84. The first-order chi connectivity index (χ1) is 13.5. The van der Waals surface area contributed by atoms with Crippen molar-refractivity contribution in [3.63, 3.8) is 0 Å². The molecule has 8 heteroatoms. The second-order valence-corrected chi connectivity index (χ2v) is 7.51. The molecule has 7 nitrogen and oxygen atoms in total. The number of amides is 2. The average molecular weight is 398 g/mol. The topological polar surface area (TPSA) is 93.2 Å². The largest absolute Gasteiger partial charge is 0.370 e. The lowest BCUT2D eigenvalue weighted by Gasteiger charge is -2.24. The summed E-state index contributed by atoms with van der Waals surface area (Å²) in [5.74, 6) is 0.0588. The van der Waals surface area contributed by atoms with Gasteiger partial charge in [-0.15, -0.1) is 11.3 Å². The molecule has 2 amide bonds. The first kappa shape index (κ1) is 19.6. The number of thiophene rings is 1. The van der Waals surface area contributed by atoms with Gasteiger partial charge in [-0.2, -0.15) is 5.10 Å². The van der Waals surface area contributed by atoms with Gasteiger partial charge in [-0.05, 0) is 36.1 Å². The van der Waals surface area contributed by atoms with Gasteiger partial charge in [-0.1, -0.05) is 18.2 Å². The summed E-state index contributed by atoms with van der Waals surface area (Å²) in [7, 11) is 0. The zero-order valence-corrected chi connectivity index (χ0v) is 16.5. The van der Waals surface area contributed by atoms with Crippen LogP contribution in [0.25, 0.3) is 0 Å². The molecule has 0 aliphatic rings. The molecule has 0 aliphatic heterocycles. The van der Waals surface area contributed by atoms with Crippen molar-refractivity contribution >= 4 is 34.7 Å². The highest BCUT2D eigenvalue weighted by atomic mass is 32.1. The van der Waals surface area contributed by atoms with Gasteiger partial charge in [0.25, 0.3) is 0 Å². The van der Waals surface area contributed by atoms with Crippen LogP contribution in [0.1, 0.15) is 16.9 Å². The second-order valence-electron chi connectivity index (χ2n) is 6.48. The molecule has 0 fully saturated rings. The molecule has 146 valence electrons. The van der Waals surface area contributed by atoms with E-state index in [-0.39, 0.29) is 18.9 Å². The molecule has 3 rings (SSSR count). The minimum absolute atomic E-state index is 0.112. The Bertz CT molecular complexity index is 936. The number of nitrogens with zero attached hydrogens (tertiary/aromatic N) is 3. The van der Waals surface area contributed by atoms with Crippen molar-refractivity contribution < 1.29 is 9.59 Å². The highest BCUT2D eigenvalue weighted by Crippen LogP contribution is 2.17. The Morgan fingerprint density at radius 2 is 2.11 bits per heavy atom. The van der Waals surface area contributed by atoms with Crippen molar-refractivity contribution in [3.05, 3.63) is 64.5 Å². The van der Waals surface area contributed by atoms with Crippen LogP contribution in [0.5, 0.6) is 0 Å². The van der Waals surface area contributed by atoms with Crippen LogP contribution in [0.3, 0.4) is 0 Å². The summed E-state index contributed by atoms with van der Waals surface area (Å²) in [6.07, 6.45) is 1.84. The highest BCUT2D eigenvalue weighted by molar-refractivity contribution is 7.09. The Balaban J connectivity index is 1.68. The van der Waals surface area contributed by atoms with Crippen LogP contribution in [-0.4, -0.2) is 34.7 Å². The third kappa shape index (κ3) is 5.43. The number of anilines is 2. The molecule has 0 saturated heterocycles.